The van der Waals surface area contributed by atoms with Gasteiger partial charge in [0, 0.05) is 24.4 Å². The van der Waals surface area contributed by atoms with E-state index in [0.29, 0.717) is 5.65 Å². The number of hydrogen-bond donors (Lipinski definition) is 0. The lowest BCUT2D eigenvalue weighted by Crippen LogP contribution is -2.12. The van der Waals surface area contributed by atoms with E-state index in [1.807, 2.05) is 54.4 Å². The van der Waals surface area contributed by atoms with Crippen molar-refractivity contribution in [3.63, 3.8) is 0 Å². The molecule has 0 unspecified atom stereocenters. The Morgan fingerprint density at radius 1 is 1.11 bits per heavy atom. The van der Waals surface area contributed by atoms with Gasteiger partial charge in [0.05, 0.1) is 17.3 Å². The van der Waals surface area contributed by atoms with Gasteiger partial charge in [-0.2, -0.15) is 5.10 Å². The van der Waals surface area contributed by atoms with Gasteiger partial charge in [-0.25, -0.2) is 14.6 Å². The quantitative estimate of drug-likeness (QED) is 0.516. The topological polar surface area (TPSA) is 65.3 Å². The van der Waals surface area contributed by atoms with Crippen molar-refractivity contribution in [2.24, 2.45) is 0 Å². The van der Waals surface area contributed by atoms with Crippen LogP contribution in [0.25, 0.3) is 16.7 Å². The van der Waals surface area contributed by atoms with Crippen LogP contribution in [0.5, 0.6) is 11.5 Å². The molecule has 2 aromatic carbocycles. The molecule has 0 spiro atoms. The second-order valence-electron chi connectivity index (χ2n) is 6.28. The predicted molar refractivity (Wildman–Crippen MR) is 105 cm³/mol. The van der Waals surface area contributed by atoms with Crippen LogP contribution in [0.2, 0.25) is 0 Å². The van der Waals surface area contributed by atoms with E-state index in [0.717, 1.165) is 39.6 Å². The van der Waals surface area contributed by atoms with Gasteiger partial charge < -0.3 is 14.4 Å². The monoisotopic (exact) mass is 369 g/mol. The third-order valence-electron chi connectivity index (χ3n) is 4.66. The number of anilines is 2. The summed E-state index contributed by atoms with van der Waals surface area (Å²) < 4.78 is 12.6. The number of benzene rings is 2. The molecule has 0 N–H and O–H groups in total. The Kier molecular flexibility index (Phi) is 3.62. The van der Waals surface area contributed by atoms with Crippen molar-refractivity contribution in [2.45, 2.75) is 0 Å². The predicted octanol–water partition coefficient (Wildman–Crippen LogP) is 3.29. The largest absolute Gasteiger partial charge is 0.454 e. The number of rotatable bonds is 3. The number of hydrogen-bond acceptors (Lipinski definition) is 6. The highest BCUT2D eigenvalue weighted by Crippen LogP contribution is 2.37. The molecule has 4 aromatic rings. The van der Waals surface area contributed by atoms with Crippen LogP contribution in [0.15, 0.2) is 55.0 Å². The summed E-state index contributed by atoms with van der Waals surface area (Å²) in [4.78, 5) is 10.9. The molecule has 0 bridgehead atoms. The summed E-state index contributed by atoms with van der Waals surface area (Å²) in [6, 6.07) is 13.4. The minimum absolute atomic E-state index is 0.240. The molecule has 2 aromatic heterocycles. The standard InChI is InChI=1S/C21H15N5O2/c1-3-14-5-4-6-16(9-14)26-21-17(11-24-26)20(22-12-23-21)25(2)15-7-8-18-19(10-15)28-13-27-18/h1,4-12H,13H2,2H3. The summed E-state index contributed by atoms with van der Waals surface area (Å²) in [6.45, 7) is 0.240. The fourth-order valence-electron chi connectivity index (χ4n) is 3.23. The van der Waals surface area contributed by atoms with Gasteiger partial charge in [0.15, 0.2) is 17.1 Å². The minimum atomic E-state index is 0.240. The molecular weight excluding hydrogens is 354 g/mol. The number of ether oxygens (including phenoxy) is 2. The molecule has 1 aliphatic heterocycles. The third kappa shape index (κ3) is 2.51. The molecule has 136 valence electrons. The van der Waals surface area contributed by atoms with Crippen molar-refractivity contribution < 1.29 is 9.47 Å². The van der Waals surface area contributed by atoms with Gasteiger partial charge in [0.25, 0.3) is 0 Å². The molecule has 28 heavy (non-hydrogen) atoms. The van der Waals surface area contributed by atoms with Crippen LogP contribution in [0.3, 0.4) is 0 Å². The Bertz CT molecular complexity index is 1240. The normalized spacial score (nSPS) is 12.1. The molecule has 0 amide bonds. The Hall–Kier alpha value is -4.05. The van der Waals surface area contributed by atoms with E-state index in [1.165, 1.54) is 6.33 Å². The van der Waals surface area contributed by atoms with Crippen LogP contribution in [-0.4, -0.2) is 33.6 Å². The first kappa shape index (κ1) is 16.1. The first-order valence-corrected chi connectivity index (χ1v) is 8.64. The Morgan fingerprint density at radius 3 is 2.89 bits per heavy atom. The van der Waals surface area contributed by atoms with Crippen LogP contribution in [0, 0.1) is 12.3 Å². The summed E-state index contributed by atoms with van der Waals surface area (Å²) >= 11 is 0. The van der Waals surface area contributed by atoms with Crippen molar-refractivity contribution in [3.8, 4) is 29.5 Å². The molecule has 0 saturated heterocycles. The maximum atomic E-state index is 5.52. The summed E-state index contributed by atoms with van der Waals surface area (Å²) in [5, 5.41) is 5.34. The average molecular weight is 369 g/mol. The summed E-state index contributed by atoms with van der Waals surface area (Å²) in [6.07, 6.45) is 8.81. The summed E-state index contributed by atoms with van der Waals surface area (Å²) in [5.74, 6) is 4.84. The van der Waals surface area contributed by atoms with Crippen LogP contribution in [-0.2, 0) is 0 Å². The smallest absolute Gasteiger partial charge is 0.231 e. The highest BCUT2D eigenvalue weighted by atomic mass is 16.7. The lowest BCUT2D eigenvalue weighted by molar-refractivity contribution is 0.174. The first-order chi connectivity index (χ1) is 13.7. The fourth-order valence-corrected chi connectivity index (χ4v) is 3.23. The SMILES string of the molecule is C#Cc1cccc(-n2ncc3c(N(C)c4ccc5c(c4)OCO5)ncnc32)c1. The maximum Gasteiger partial charge on any atom is 0.231 e. The summed E-state index contributed by atoms with van der Waals surface area (Å²) in [5.41, 5.74) is 3.26. The van der Waals surface area contributed by atoms with Crippen molar-refractivity contribution >= 4 is 22.5 Å². The molecule has 5 rings (SSSR count). The zero-order valence-electron chi connectivity index (χ0n) is 15.0. The van der Waals surface area contributed by atoms with E-state index in [-0.39, 0.29) is 6.79 Å². The van der Waals surface area contributed by atoms with Crippen molar-refractivity contribution in [3.05, 3.63) is 60.6 Å². The van der Waals surface area contributed by atoms with Crippen LogP contribution < -0.4 is 14.4 Å². The van der Waals surface area contributed by atoms with Gasteiger partial charge in [-0.1, -0.05) is 12.0 Å². The molecule has 0 fully saturated rings. The Morgan fingerprint density at radius 2 is 2.00 bits per heavy atom. The minimum Gasteiger partial charge on any atom is -0.454 e. The van der Waals surface area contributed by atoms with Crippen LogP contribution in [0.4, 0.5) is 11.5 Å². The lowest BCUT2D eigenvalue weighted by atomic mass is 10.2. The molecule has 7 nitrogen and oxygen atoms in total. The molecule has 0 atom stereocenters. The van der Waals surface area contributed by atoms with Gasteiger partial charge in [0.1, 0.15) is 12.1 Å². The third-order valence-corrected chi connectivity index (χ3v) is 4.66. The lowest BCUT2D eigenvalue weighted by Gasteiger charge is -2.19. The number of nitrogens with zero attached hydrogens (tertiary/aromatic N) is 5. The van der Waals surface area contributed by atoms with E-state index >= 15 is 0 Å². The van der Waals surface area contributed by atoms with Crippen LogP contribution >= 0.6 is 0 Å². The Labute approximate surface area is 161 Å². The summed E-state index contributed by atoms with van der Waals surface area (Å²) in [7, 11) is 1.94. The van der Waals surface area contributed by atoms with Gasteiger partial charge in [0.2, 0.25) is 6.79 Å². The van der Waals surface area contributed by atoms with E-state index in [2.05, 4.69) is 21.0 Å². The average Bonchev–Trinajstić information content (AvgIpc) is 3.39. The molecule has 1 aliphatic rings. The van der Waals surface area contributed by atoms with Crippen molar-refractivity contribution in [1.82, 2.24) is 19.7 Å². The van der Waals surface area contributed by atoms with Gasteiger partial charge in [-0.15, -0.1) is 6.42 Å². The molecule has 0 aliphatic carbocycles. The van der Waals surface area contributed by atoms with E-state index in [1.54, 1.807) is 10.9 Å². The van der Waals surface area contributed by atoms with E-state index in [4.69, 9.17) is 15.9 Å². The van der Waals surface area contributed by atoms with Crippen molar-refractivity contribution in [1.29, 1.82) is 0 Å². The second kappa shape index (κ2) is 6.28. The maximum absolute atomic E-state index is 5.52. The van der Waals surface area contributed by atoms with E-state index < -0.39 is 0 Å². The molecule has 0 saturated carbocycles. The van der Waals surface area contributed by atoms with Gasteiger partial charge in [-0.05, 0) is 30.3 Å². The highest BCUT2D eigenvalue weighted by Gasteiger charge is 2.18. The fraction of sp³-hybridized carbons (Fsp3) is 0.0952. The molecule has 7 heteroatoms. The number of terminal acetylenes is 1. The second-order valence-corrected chi connectivity index (χ2v) is 6.28. The molecular formula is C21H15N5O2. The first-order valence-electron chi connectivity index (χ1n) is 8.64. The highest BCUT2D eigenvalue weighted by molar-refractivity contribution is 5.90. The number of aromatic nitrogens is 4. The Balaban J connectivity index is 1.59. The molecule has 3 heterocycles. The zero-order chi connectivity index (χ0) is 19.1. The van der Waals surface area contributed by atoms with Crippen LogP contribution in [0.1, 0.15) is 5.56 Å². The van der Waals surface area contributed by atoms with Crippen molar-refractivity contribution in [2.75, 3.05) is 18.7 Å². The number of fused-ring (bicyclic) bond motifs is 2. The van der Waals surface area contributed by atoms with Gasteiger partial charge >= 0.3 is 0 Å². The van der Waals surface area contributed by atoms with E-state index in [9.17, 15) is 0 Å². The van der Waals surface area contributed by atoms with Gasteiger partial charge in [-0.3, -0.25) is 0 Å². The molecule has 0 radical (unpaired) electrons. The zero-order valence-corrected chi connectivity index (χ0v) is 15.0.